The van der Waals surface area contributed by atoms with Crippen molar-refractivity contribution in [1.29, 1.82) is 0 Å². The summed E-state index contributed by atoms with van der Waals surface area (Å²) >= 11 is 1.23. The first-order valence-electron chi connectivity index (χ1n) is 9.75. The normalized spacial score (nSPS) is 11.0. The van der Waals surface area contributed by atoms with E-state index in [1.165, 1.54) is 22.0 Å². The van der Waals surface area contributed by atoms with Crippen LogP contribution in [0, 0.1) is 13.8 Å². The van der Waals surface area contributed by atoms with Gasteiger partial charge < -0.3 is 15.9 Å². The molecule has 0 saturated carbocycles. The molecule has 0 fully saturated rings. The van der Waals surface area contributed by atoms with Crippen LogP contribution in [0.25, 0.3) is 0 Å². The number of nitrogen functional groups attached to an aromatic ring is 1. The number of anilines is 1. The minimum atomic E-state index is -0.128. The largest absolute Gasteiger partial charge is 0.486 e. The monoisotopic (exact) mass is 425 g/mol. The maximum Gasteiger partial charge on any atom is 0.234 e. The Hall–Kier alpha value is -3.00. The maximum atomic E-state index is 12.3. The molecule has 3 N–H and O–H groups in total. The number of thioether (sulfide) groups is 1. The van der Waals surface area contributed by atoms with Crippen LogP contribution in [0.2, 0.25) is 0 Å². The average molecular weight is 426 g/mol. The second-order valence-electron chi connectivity index (χ2n) is 7.50. The Morgan fingerprint density at radius 3 is 2.60 bits per heavy atom. The Kier molecular flexibility index (Phi) is 6.99. The van der Waals surface area contributed by atoms with Crippen LogP contribution >= 0.6 is 11.8 Å². The molecule has 0 aliphatic carbocycles. The van der Waals surface area contributed by atoms with Crippen molar-refractivity contribution in [2.24, 2.45) is 0 Å². The molecule has 0 bridgehead atoms. The number of benzene rings is 2. The number of hydrogen-bond donors (Lipinski definition) is 2. The van der Waals surface area contributed by atoms with E-state index in [1.54, 1.807) is 0 Å². The van der Waals surface area contributed by atoms with E-state index in [0.717, 1.165) is 22.6 Å². The lowest BCUT2D eigenvalue weighted by Gasteiger charge is -2.09. The Bertz CT molecular complexity index is 1010. The standard InChI is InChI=1S/C22H27N5O2S/c1-14(2)17-6-5-7-18(11-17)24-21(28)13-30-22-26-25-20(27(22)23)12-29-19-9-15(3)8-16(4)10-19/h5-11,14H,12-13,23H2,1-4H3,(H,24,28). The lowest BCUT2D eigenvalue weighted by atomic mass is 10.0. The summed E-state index contributed by atoms with van der Waals surface area (Å²) in [5.74, 6) is 7.77. The molecule has 0 aliphatic heterocycles. The van der Waals surface area contributed by atoms with Crippen LogP contribution in [-0.2, 0) is 11.4 Å². The van der Waals surface area contributed by atoms with Crippen molar-refractivity contribution in [2.75, 3.05) is 16.9 Å². The maximum absolute atomic E-state index is 12.3. The Balaban J connectivity index is 1.54. The lowest BCUT2D eigenvalue weighted by molar-refractivity contribution is -0.113. The van der Waals surface area contributed by atoms with Crippen LogP contribution < -0.4 is 15.9 Å². The number of carbonyl (C=O) groups excluding carboxylic acids is 1. The van der Waals surface area contributed by atoms with Crippen molar-refractivity contribution in [2.45, 2.75) is 45.4 Å². The third kappa shape index (κ3) is 5.76. The molecule has 0 aliphatic rings. The van der Waals surface area contributed by atoms with Crippen molar-refractivity contribution in [3.8, 4) is 5.75 Å². The number of nitrogens with zero attached hydrogens (tertiary/aromatic N) is 3. The molecule has 30 heavy (non-hydrogen) atoms. The molecule has 158 valence electrons. The van der Waals surface area contributed by atoms with Gasteiger partial charge in [0.15, 0.2) is 5.82 Å². The summed E-state index contributed by atoms with van der Waals surface area (Å²) < 4.78 is 7.15. The first-order chi connectivity index (χ1) is 14.3. The summed E-state index contributed by atoms with van der Waals surface area (Å²) in [5.41, 5.74) is 4.21. The van der Waals surface area contributed by atoms with Crippen molar-refractivity contribution in [3.63, 3.8) is 0 Å². The van der Waals surface area contributed by atoms with E-state index in [4.69, 9.17) is 10.6 Å². The molecule has 0 radical (unpaired) electrons. The van der Waals surface area contributed by atoms with Gasteiger partial charge in [-0.25, -0.2) is 4.68 Å². The van der Waals surface area contributed by atoms with E-state index in [1.807, 2.05) is 50.2 Å². The topological polar surface area (TPSA) is 95.1 Å². The van der Waals surface area contributed by atoms with Gasteiger partial charge in [0.2, 0.25) is 11.1 Å². The van der Waals surface area contributed by atoms with Crippen LogP contribution in [0.15, 0.2) is 47.6 Å². The zero-order chi connectivity index (χ0) is 21.7. The molecule has 1 amide bonds. The highest BCUT2D eigenvalue weighted by molar-refractivity contribution is 7.99. The predicted octanol–water partition coefficient (Wildman–Crippen LogP) is 4.04. The average Bonchev–Trinajstić information content (AvgIpc) is 3.04. The van der Waals surface area contributed by atoms with Crippen LogP contribution in [-0.4, -0.2) is 26.5 Å². The highest BCUT2D eigenvalue weighted by Gasteiger charge is 2.13. The number of aryl methyl sites for hydroxylation is 2. The fraction of sp³-hybridized carbons (Fsp3) is 0.318. The minimum absolute atomic E-state index is 0.128. The molecule has 1 heterocycles. The highest BCUT2D eigenvalue weighted by Crippen LogP contribution is 2.21. The van der Waals surface area contributed by atoms with Gasteiger partial charge >= 0.3 is 0 Å². The molecule has 0 unspecified atom stereocenters. The quantitative estimate of drug-likeness (QED) is 0.418. The predicted molar refractivity (Wildman–Crippen MR) is 120 cm³/mol. The third-order valence-corrected chi connectivity index (χ3v) is 5.41. The molecule has 1 aromatic heterocycles. The minimum Gasteiger partial charge on any atom is -0.486 e. The van der Waals surface area contributed by atoms with Crippen LogP contribution in [0.3, 0.4) is 0 Å². The van der Waals surface area contributed by atoms with E-state index in [2.05, 4.69) is 35.4 Å². The number of ether oxygens (including phenoxy) is 1. The number of nitrogens with two attached hydrogens (primary N) is 1. The molecule has 0 atom stereocenters. The van der Waals surface area contributed by atoms with Crippen molar-refractivity contribution < 1.29 is 9.53 Å². The molecule has 0 saturated heterocycles. The van der Waals surface area contributed by atoms with Crippen LogP contribution in [0.5, 0.6) is 5.75 Å². The van der Waals surface area contributed by atoms with E-state index < -0.39 is 0 Å². The van der Waals surface area contributed by atoms with E-state index in [0.29, 0.717) is 16.9 Å². The summed E-state index contributed by atoms with van der Waals surface area (Å²) in [6, 6.07) is 13.8. The van der Waals surface area contributed by atoms with Gasteiger partial charge in [0.05, 0.1) is 5.75 Å². The molecule has 8 heteroatoms. The smallest absolute Gasteiger partial charge is 0.234 e. The summed E-state index contributed by atoms with van der Waals surface area (Å²) in [6.45, 7) is 8.47. The zero-order valence-electron chi connectivity index (χ0n) is 17.7. The Labute approximate surface area is 181 Å². The van der Waals surface area contributed by atoms with E-state index in [9.17, 15) is 4.79 Å². The number of hydrogen-bond acceptors (Lipinski definition) is 6. The van der Waals surface area contributed by atoms with Gasteiger partial charge in [-0.2, -0.15) is 0 Å². The second-order valence-corrected chi connectivity index (χ2v) is 8.44. The van der Waals surface area contributed by atoms with Gasteiger partial charge in [-0.05, 0) is 60.7 Å². The van der Waals surface area contributed by atoms with Crippen molar-refractivity contribution in [1.82, 2.24) is 14.9 Å². The van der Waals surface area contributed by atoms with Crippen molar-refractivity contribution in [3.05, 3.63) is 65.0 Å². The van der Waals surface area contributed by atoms with Crippen LogP contribution in [0.4, 0.5) is 5.69 Å². The zero-order valence-corrected chi connectivity index (χ0v) is 18.5. The number of rotatable bonds is 8. The number of amides is 1. The first kappa shape index (κ1) is 21.7. The van der Waals surface area contributed by atoms with Gasteiger partial charge in [0.25, 0.3) is 0 Å². The van der Waals surface area contributed by atoms with Crippen LogP contribution in [0.1, 0.15) is 42.3 Å². The van der Waals surface area contributed by atoms with E-state index >= 15 is 0 Å². The molecule has 2 aromatic carbocycles. The number of nitrogens with one attached hydrogen (secondary N) is 1. The fourth-order valence-corrected chi connectivity index (χ4v) is 3.65. The fourth-order valence-electron chi connectivity index (χ4n) is 2.97. The molecule has 0 spiro atoms. The Morgan fingerprint density at radius 1 is 1.17 bits per heavy atom. The van der Waals surface area contributed by atoms with Crippen molar-refractivity contribution >= 4 is 23.4 Å². The number of aromatic nitrogens is 3. The molecular formula is C22H27N5O2S. The van der Waals surface area contributed by atoms with Gasteiger partial charge in [0.1, 0.15) is 12.4 Å². The molecule has 3 rings (SSSR count). The SMILES string of the molecule is Cc1cc(C)cc(OCc2nnc(SCC(=O)Nc3cccc(C(C)C)c3)n2N)c1. The summed E-state index contributed by atoms with van der Waals surface area (Å²) in [5, 5.41) is 11.5. The highest BCUT2D eigenvalue weighted by atomic mass is 32.2. The summed E-state index contributed by atoms with van der Waals surface area (Å²) in [6.07, 6.45) is 0. The van der Waals surface area contributed by atoms with Gasteiger partial charge in [0, 0.05) is 5.69 Å². The lowest BCUT2D eigenvalue weighted by Crippen LogP contribution is -2.18. The van der Waals surface area contributed by atoms with Gasteiger partial charge in [-0.15, -0.1) is 10.2 Å². The van der Waals surface area contributed by atoms with Gasteiger partial charge in [-0.1, -0.05) is 43.8 Å². The second kappa shape index (κ2) is 9.67. The Morgan fingerprint density at radius 2 is 1.90 bits per heavy atom. The summed E-state index contributed by atoms with van der Waals surface area (Å²) in [4.78, 5) is 12.3. The number of carbonyl (C=O) groups is 1. The first-order valence-corrected chi connectivity index (χ1v) is 10.7. The van der Waals surface area contributed by atoms with E-state index in [-0.39, 0.29) is 18.3 Å². The third-order valence-electron chi connectivity index (χ3n) is 4.47. The van der Waals surface area contributed by atoms with Gasteiger partial charge in [-0.3, -0.25) is 4.79 Å². The molecular weight excluding hydrogens is 398 g/mol. The summed E-state index contributed by atoms with van der Waals surface area (Å²) in [7, 11) is 0. The molecule has 7 nitrogen and oxygen atoms in total. The molecule has 3 aromatic rings.